The van der Waals surface area contributed by atoms with Crippen molar-refractivity contribution in [3.05, 3.63) is 126 Å². The van der Waals surface area contributed by atoms with E-state index >= 15 is 4.79 Å². The fourth-order valence-electron chi connectivity index (χ4n) is 8.35. The second-order valence-corrected chi connectivity index (χ2v) is 18.5. The van der Waals surface area contributed by atoms with Crippen LogP contribution in [-0.2, 0) is 21.7 Å². The fourth-order valence-corrected chi connectivity index (χ4v) is 12.4. The molecule has 1 aromatic heterocycles. The van der Waals surface area contributed by atoms with Crippen molar-refractivity contribution >= 4 is 30.5 Å². The summed E-state index contributed by atoms with van der Waals surface area (Å²) in [5, 5.41) is 20.5. The number of fused-ring (bicyclic) bond motifs is 2. The zero-order valence-electron chi connectivity index (χ0n) is 29.2. The van der Waals surface area contributed by atoms with Gasteiger partial charge in [0.25, 0.3) is 5.91 Å². The van der Waals surface area contributed by atoms with E-state index in [1.54, 1.807) is 14.2 Å². The summed E-state index contributed by atoms with van der Waals surface area (Å²) in [5.41, 5.74) is 3.00. The second kappa shape index (κ2) is 13.5. The molecule has 0 bridgehead atoms. The maximum Gasteiger partial charge on any atom is 0.268 e. The Morgan fingerprint density at radius 3 is 2.24 bits per heavy atom. The summed E-state index contributed by atoms with van der Waals surface area (Å²) >= 11 is 0. The predicted octanol–water partition coefficient (Wildman–Crippen LogP) is 6.40. The van der Waals surface area contributed by atoms with Gasteiger partial charge < -0.3 is 19.3 Å². The number of rotatable bonds is 11. The Morgan fingerprint density at radius 1 is 0.920 bits per heavy atom. The van der Waals surface area contributed by atoms with E-state index in [4.69, 9.17) is 14.2 Å². The average Bonchev–Trinajstić information content (AvgIpc) is 3.81. The van der Waals surface area contributed by atoms with Crippen molar-refractivity contribution in [1.29, 1.82) is 0 Å². The first-order valence-electron chi connectivity index (χ1n) is 17.2. The van der Waals surface area contributed by atoms with Crippen LogP contribution in [0.25, 0.3) is 0 Å². The van der Waals surface area contributed by atoms with Gasteiger partial charge >= 0.3 is 0 Å². The number of aryl methyl sites for hydroxylation is 1. The van der Waals surface area contributed by atoms with Gasteiger partial charge in [-0.15, -0.1) is 5.10 Å². The average molecular weight is 689 g/mol. The minimum Gasteiger partial charge on any atom is -0.497 e. The lowest BCUT2D eigenvalue weighted by atomic mass is 9.82. The number of aliphatic hydroxyl groups excluding tert-OH is 1. The van der Waals surface area contributed by atoms with E-state index < -0.39 is 13.7 Å². The molecule has 3 heterocycles. The number of anilines is 2. The predicted molar refractivity (Wildman–Crippen MR) is 196 cm³/mol. The first kappa shape index (κ1) is 33.7. The van der Waals surface area contributed by atoms with Gasteiger partial charge in [0.2, 0.25) is 0 Å². The lowest BCUT2D eigenvalue weighted by Crippen LogP contribution is -2.51. The molecule has 1 unspecified atom stereocenters. The number of hydrogen-bond acceptors (Lipinski definition) is 7. The van der Waals surface area contributed by atoms with Crippen LogP contribution < -0.4 is 19.6 Å². The number of aliphatic hydroxyl groups is 1. The Bertz CT molecular complexity index is 1950. The summed E-state index contributed by atoms with van der Waals surface area (Å²) in [5.74, 6) is 0.984. The van der Waals surface area contributed by atoms with Crippen LogP contribution in [0, 0.1) is 5.92 Å². The maximum atomic E-state index is 15.1. The number of methoxy groups -OCH3 is 2. The van der Waals surface area contributed by atoms with Crippen LogP contribution in [0.2, 0.25) is 18.6 Å². The molecule has 0 saturated carbocycles. The molecular weight excluding hydrogens is 645 g/mol. The van der Waals surface area contributed by atoms with Crippen molar-refractivity contribution in [3.63, 3.8) is 0 Å². The summed E-state index contributed by atoms with van der Waals surface area (Å²) in [7, 11) is 0.990. The molecule has 0 radical (unpaired) electrons. The number of hydrogen-bond donors (Lipinski definition) is 1. The van der Waals surface area contributed by atoms with Gasteiger partial charge in [-0.05, 0) is 60.0 Å². The van der Waals surface area contributed by atoms with Crippen LogP contribution in [-0.4, -0.2) is 61.0 Å². The van der Waals surface area contributed by atoms with Gasteiger partial charge in [0.1, 0.15) is 11.5 Å². The third-order valence-electron chi connectivity index (χ3n) is 10.9. The Morgan fingerprint density at radius 2 is 1.58 bits per heavy atom. The van der Waals surface area contributed by atoms with E-state index in [0.29, 0.717) is 24.4 Å². The minimum absolute atomic E-state index is 0.0621. The second-order valence-electron chi connectivity index (χ2n) is 13.9. The first-order valence-corrected chi connectivity index (χ1v) is 20.3. The summed E-state index contributed by atoms with van der Waals surface area (Å²) < 4.78 is 20.3. The first-order chi connectivity index (χ1) is 24.2. The number of nitrogens with zero attached hydrogens (tertiary/aromatic N) is 4. The molecule has 10 heteroatoms. The van der Waals surface area contributed by atoms with Crippen LogP contribution in [0.3, 0.4) is 0 Å². The zero-order chi connectivity index (χ0) is 35.0. The third-order valence-corrected chi connectivity index (χ3v) is 15.3. The fraction of sp³-hybridized carbons (Fsp3) is 0.325. The number of carbonyl (C=O) groups is 1. The van der Waals surface area contributed by atoms with Crippen LogP contribution in [0.4, 0.5) is 11.4 Å². The largest absolute Gasteiger partial charge is 0.497 e. The molecule has 4 aromatic carbocycles. The molecular formula is C40H44N4O5Si. The highest BCUT2D eigenvalue weighted by molar-refractivity contribution is 6.91. The van der Waals surface area contributed by atoms with Gasteiger partial charge in [-0.2, -0.15) is 0 Å². The molecule has 258 valence electrons. The molecule has 1 spiro atoms. The highest BCUT2D eigenvalue weighted by Crippen LogP contribution is 2.61. The molecule has 2 aliphatic rings. The smallest absolute Gasteiger partial charge is 0.268 e. The van der Waals surface area contributed by atoms with Gasteiger partial charge in [0.05, 0.1) is 52.3 Å². The Hall–Kier alpha value is -4.77. The molecule has 5 atom stereocenters. The lowest BCUT2D eigenvalue weighted by Gasteiger charge is -2.37. The van der Waals surface area contributed by atoms with Crippen molar-refractivity contribution in [1.82, 2.24) is 15.0 Å². The number of amides is 1. The molecule has 1 N–H and O–H groups in total. The van der Waals surface area contributed by atoms with E-state index in [9.17, 15) is 5.11 Å². The van der Waals surface area contributed by atoms with Crippen molar-refractivity contribution in [2.75, 3.05) is 25.7 Å². The van der Waals surface area contributed by atoms with Crippen molar-refractivity contribution < 1.29 is 24.1 Å². The summed E-state index contributed by atoms with van der Waals surface area (Å²) in [4.78, 5) is 16.9. The van der Waals surface area contributed by atoms with Crippen molar-refractivity contribution in [2.24, 2.45) is 5.92 Å². The van der Waals surface area contributed by atoms with Crippen molar-refractivity contribution in [3.8, 4) is 11.5 Å². The van der Waals surface area contributed by atoms with Crippen LogP contribution in [0.1, 0.15) is 36.1 Å². The normalized spacial score (nSPS) is 22.2. The van der Waals surface area contributed by atoms with Crippen LogP contribution in [0.15, 0.2) is 109 Å². The molecule has 0 aliphatic carbocycles. The molecule has 1 saturated heterocycles. The van der Waals surface area contributed by atoms with Gasteiger partial charge in [-0.25, -0.2) is 0 Å². The van der Waals surface area contributed by atoms with E-state index in [1.165, 1.54) is 5.19 Å². The lowest BCUT2D eigenvalue weighted by molar-refractivity contribution is -0.145. The van der Waals surface area contributed by atoms with Crippen LogP contribution >= 0.6 is 0 Å². The molecule has 5 aromatic rings. The number of para-hydroxylation sites is 1. The van der Waals surface area contributed by atoms with E-state index in [-0.39, 0.29) is 36.0 Å². The summed E-state index contributed by atoms with van der Waals surface area (Å²) in [6.45, 7) is 7.43. The summed E-state index contributed by atoms with van der Waals surface area (Å²) in [6, 6.07) is 33.9. The molecule has 9 nitrogen and oxygen atoms in total. The Labute approximate surface area is 294 Å². The molecule has 50 heavy (non-hydrogen) atoms. The number of ether oxygens (including phenoxy) is 3. The summed E-state index contributed by atoms with van der Waals surface area (Å²) in [6.07, 6.45) is 2.28. The maximum absolute atomic E-state index is 15.1. The molecule has 1 fully saturated rings. The van der Waals surface area contributed by atoms with E-state index in [1.807, 2.05) is 107 Å². The number of aromatic nitrogens is 3. The quantitative estimate of drug-likeness (QED) is 0.160. The molecule has 1 amide bonds. The van der Waals surface area contributed by atoms with Gasteiger partial charge in [-0.1, -0.05) is 91.1 Å². The van der Waals surface area contributed by atoms with Gasteiger partial charge in [0, 0.05) is 29.9 Å². The number of benzene rings is 4. The SMILES string of the molecule is COc1ccc([Si](C)(C)[C@@H]2[C@@H](CCn3cc(C(CO)c4ccccc4)nn3)O[C@]3(C(=O)N(c4ccccc4)c4ccc(OC)cc43)[C@H]2C)cc1. The monoisotopic (exact) mass is 688 g/mol. The highest BCUT2D eigenvalue weighted by atomic mass is 28.3. The minimum atomic E-state index is -2.34. The van der Waals surface area contributed by atoms with Gasteiger partial charge in [-0.3, -0.25) is 14.4 Å². The van der Waals surface area contributed by atoms with E-state index in [2.05, 4.69) is 42.5 Å². The Kier molecular flexibility index (Phi) is 9.11. The molecule has 7 rings (SSSR count). The topological polar surface area (TPSA) is 98.9 Å². The third kappa shape index (κ3) is 5.61. The standard InChI is InChI=1S/C40H44N4O5Si/c1-27-38(50(4,5)32-19-16-30(47-2)17-20-32)37(22-23-43-25-35(41-42-43)33(26-45)28-12-8-6-9-13-28)49-40(27)34-24-31(48-3)18-21-36(34)44(39(40)46)29-14-10-7-11-15-29/h6-21,24-25,27,33,37-38,45H,22-23,26H2,1-5H3/t27-,33?,37+,38-,40+/m0/s1. The zero-order valence-corrected chi connectivity index (χ0v) is 30.2. The highest BCUT2D eigenvalue weighted by Gasteiger charge is 2.66. The van der Waals surface area contributed by atoms with Crippen LogP contribution in [0.5, 0.6) is 11.5 Å². The van der Waals surface area contributed by atoms with Crippen molar-refractivity contribution in [2.45, 2.75) is 56.1 Å². The van der Waals surface area contributed by atoms with Gasteiger partial charge in [0.15, 0.2) is 5.60 Å². The number of carbonyl (C=O) groups excluding carboxylic acids is 1. The Balaban J connectivity index is 1.28. The molecule has 2 aliphatic heterocycles. The van der Waals surface area contributed by atoms with E-state index in [0.717, 1.165) is 28.3 Å².